The number of hydrogen-bond donors (Lipinski definition) is 1. The van der Waals surface area contributed by atoms with Crippen LogP contribution in [0.4, 0.5) is 4.79 Å². The molecule has 0 aromatic carbocycles. The van der Waals surface area contributed by atoms with E-state index in [-0.39, 0.29) is 12.1 Å². The Morgan fingerprint density at radius 1 is 1.52 bits per heavy atom. The zero-order chi connectivity index (χ0) is 14.7. The van der Waals surface area contributed by atoms with Gasteiger partial charge < -0.3 is 14.7 Å². The van der Waals surface area contributed by atoms with Crippen LogP contribution in [0.3, 0.4) is 0 Å². The Morgan fingerprint density at radius 3 is 3.14 bits per heavy atom. The van der Waals surface area contributed by atoms with Gasteiger partial charge in [-0.2, -0.15) is 0 Å². The van der Waals surface area contributed by atoms with Crippen LogP contribution in [-0.4, -0.2) is 27.6 Å². The number of rotatable bonds is 3. The molecule has 6 heteroatoms. The highest BCUT2D eigenvalue weighted by Crippen LogP contribution is 2.32. The van der Waals surface area contributed by atoms with Crippen molar-refractivity contribution >= 4 is 6.03 Å². The van der Waals surface area contributed by atoms with Crippen LogP contribution in [0.25, 0.3) is 0 Å². The molecule has 0 radical (unpaired) electrons. The number of carbonyl (C=O) groups excluding carboxylic acids is 1. The second-order valence-corrected chi connectivity index (χ2v) is 5.20. The van der Waals surface area contributed by atoms with Crippen LogP contribution in [0.15, 0.2) is 35.0 Å². The first-order chi connectivity index (χ1) is 10.2. The van der Waals surface area contributed by atoms with E-state index in [2.05, 4.69) is 15.5 Å². The Hall–Kier alpha value is -2.37. The number of amides is 2. The molecule has 3 heterocycles. The second-order valence-electron chi connectivity index (χ2n) is 5.20. The van der Waals surface area contributed by atoms with E-state index in [0.29, 0.717) is 6.54 Å². The summed E-state index contributed by atoms with van der Waals surface area (Å²) in [6.07, 6.45) is 3.60. The lowest BCUT2D eigenvalue weighted by Gasteiger charge is -2.22. The summed E-state index contributed by atoms with van der Waals surface area (Å²) in [7, 11) is 0. The average molecular weight is 286 g/mol. The molecule has 0 aliphatic carbocycles. The van der Waals surface area contributed by atoms with E-state index in [1.54, 1.807) is 6.20 Å². The number of likely N-dealkylation sites (tertiary alicyclic amines) is 1. The summed E-state index contributed by atoms with van der Waals surface area (Å²) in [5, 5.41) is 6.82. The van der Waals surface area contributed by atoms with Crippen molar-refractivity contribution in [2.45, 2.75) is 32.4 Å². The topological polar surface area (TPSA) is 71.3 Å². The molecule has 2 amide bonds. The second kappa shape index (κ2) is 5.95. The lowest BCUT2D eigenvalue weighted by atomic mass is 10.1. The third-order valence-electron chi connectivity index (χ3n) is 3.64. The summed E-state index contributed by atoms with van der Waals surface area (Å²) in [6, 6.07) is 7.45. The van der Waals surface area contributed by atoms with E-state index >= 15 is 0 Å². The molecule has 1 saturated heterocycles. The molecule has 1 atom stereocenters. The first-order valence-electron chi connectivity index (χ1n) is 7.11. The summed E-state index contributed by atoms with van der Waals surface area (Å²) in [6.45, 7) is 3.05. The molecule has 0 bridgehead atoms. The predicted octanol–water partition coefficient (Wildman–Crippen LogP) is 2.42. The van der Waals surface area contributed by atoms with Gasteiger partial charge in [-0.25, -0.2) is 4.79 Å². The van der Waals surface area contributed by atoms with Crippen molar-refractivity contribution in [3.8, 4) is 0 Å². The molecule has 21 heavy (non-hydrogen) atoms. The molecule has 0 spiro atoms. The molecule has 0 unspecified atom stereocenters. The summed E-state index contributed by atoms with van der Waals surface area (Å²) in [4.78, 5) is 18.3. The quantitative estimate of drug-likeness (QED) is 0.940. The van der Waals surface area contributed by atoms with Gasteiger partial charge in [0.05, 0.1) is 24.0 Å². The van der Waals surface area contributed by atoms with Crippen molar-refractivity contribution in [1.82, 2.24) is 20.4 Å². The number of pyridine rings is 1. The number of carbonyl (C=O) groups is 1. The Labute approximate surface area is 123 Å². The Morgan fingerprint density at radius 2 is 2.43 bits per heavy atom. The monoisotopic (exact) mass is 286 g/mol. The van der Waals surface area contributed by atoms with Gasteiger partial charge in [0.25, 0.3) is 0 Å². The van der Waals surface area contributed by atoms with Crippen molar-refractivity contribution in [2.24, 2.45) is 0 Å². The van der Waals surface area contributed by atoms with Gasteiger partial charge in [-0.1, -0.05) is 11.2 Å². The minimum absolute atomic E-state index is 0.0186. The minimum Gasteiger partial charge on any atom is -0.359 e. The maximum Gasteiger partial charge on any atom is 0.318 e. The highest BCUT2D eigenvalue weighted by Gasteiger charge is 2.32. The third kappa shape index (κ3) is 3.04. The number of aryl methyl sites for hydroxylation is 1. The smallest absolute Gasteiger partial charge is 0.318 e. The van der Waals surface area contributed by atoms with Crippen LogP contribution < -0.4 is 5.32 Å². The van der Waals surface area contributed by atoms with Gasteiger partial charge in [0.1, 0.15) is 0 Å². The molecule has 1 aliphatic heterocycles. The SMILES string of the molecule is Cc1cc([C@@H]2CCCN2C(=O)NCc2ccccn2)on1. The zero-order valence-electron chi connectivity index (χ0n) is 12.0. The molecular formula is C15H18N4O2. The summed E-state index contributed by atoms with van der Waals surface area (Å²) in [5.74, 6) is 0.762. The molecule has 1 N–H and O–H groups in total. The first-order valence-corrected chi connectivity index (χ1v) is 7.11. The third-order valence-corrected chi connectivity index (χ3v) is 3.64. The molecule has 1 fully saturated rings. The Balaban J connectivity index is 1.63. The van der Waals surface area contributed by atoms with Crippen LogP contribution in [0, 0.1) is 6.92 Å². The van der Waals surface area contributed by atoms with Gasteiger partial charge in [-0.15, -0.1) is 0 Å². The number of nitrogens with zero attached hydrogens (tertiary/aromatic N) is 3. The van der Waals surface area contributed by atoms with Gasteiger partial charge in [0.15, 0.2) is 5.76 Å². The highest BCUT2D eigenvalue weighted by molar-refractivity contribution is 5.75. The van der Waals surface area contributed by atoms with E-state index in [1.807, 2.05) is 36.1 Å². The van der Waals surface area contributed by atoms with Crippen LogP contribution >= 0.6 is 0 Å². The fourth-order valence-corrected chi connectivity index (χ4v) is 2.62. The van der Waals surface area contributed by atoms with Crippen molar-refractivity contribution < 1.29 is 9.32 Å². The van der Waals surface area contributed by atoms with E-state index < -0.39 is 0 Å². The molecular weight excluding hydrogens is 268 g/mol. The molecule has 110 valence electrons. The van der Waals surface area contributed by atoms with Gasteiger partial charge in [0, 0.05) is 18.8 Å². The lowest BCUT2D eigenvalue weighted by Crippen LogP contribution is -2.39. The van der Waals surface area contributed by atoms with Crippen LogP contribution in [0.1, 0.15) is 36.0 Å². The van der Waals surface area contributed by atoms with Crippen molar-refractivity contribution in [3.63, 3.8) is 0 Å². The van der Waals surface area contributed by atoms with Gasteiger partial charge in [-0.05, 0) is 31.9 Å². The molecule has 2 aromatic heterocycles. The van der Waals surface area contributed by atoms with Gasteiger partial charge in [0.2, 0.25) is 0 Å². The van der Waals surface area contributed by atoms with Crippen molar-refractivity contribution in [1.29, 1.82) is 0 Å². The van der Waals surface area contributed by atoms with Crippen molar-refractivity contribution in [2.75, 3.05) is 6.54 Å². The summed E-state index contributed by atoms with van der Waals surface area (Å²) in [5.41, 5.74) is 1.68. The normalized spacial score (nSPS) is 18.0. The Kier molecular flexibility index (Phi) is 3.85. The Bertz CT molecular complexity index is 611. The van der Waals surface area contributed by atoms with E-state index in [9.17, 15) is 4.79 Å². The molecule has 1 aliphatic rings. The van der Waals surface area contributed by atoms with Gasteiger partial charge >= 0.3 is 6.03 Å². The summed E-state index contributed by atoms with van der Waals surface area (Å²) < 4.78 is 5.31. The molecule has 0 saturated carbocycles. The van der Waals surface area contributed by atoms with Crippen LogP contribution in [0.2, 0.25) is 0 Å². The van der Waals surface area contributed by atoms with Crippen LogP contribution in [-0.2, 0) is 6.54 Å². The molecule has 6 nitrogen and oxygen atoms in total. The van der Waals surface area contributed by atoms with E-state index in [1.165, 1.54) is 0 Å². The average Bonchev–Trinajstić information content (AvgIpc) is 3.14. The van der Waals surface area contributed by atoms with Gasteiger partial charge in [-0.3, -0.25) is 4.98 Å². The number of nitrogens with one attached hydrogen (secondary N) is 1. The standard InChI is InChI=1S/C15H18N4O2/c1-11-9-14(21-18-11)13-6-4-8-19(13)15(20)17-10-12-5-2-3-7-16-12/h2-3,5,7,9,13H,4,6,8,10H2,1H3,(H,17,20)/t13-/m0/s1. The fourth-order valence-electron chi connectivity index (χ4n) is 2.62. The maximum absolute atomic E-state index is 12.3. The predicted molar refractivity (Wildman–Crippen MR) is 76.4 cm³/mol. The number of hydrogen-bond acceptors (Lipinski definition) is 4. The largest absolute Gasteiger partial charge is 0.359 e. The van der Waals surface area contributed by atoms with E-state index in [0.717, 1.165) is 36.5 Å². The first kappa shape index (κ1) is 13.6. The summed E-state index contributed by atoms with van der Waals surface area (Å²) >= 11 is 0. The number of urea groups is 1. The van der Waals surface area contributed by atoms with E-state index in [4.69, 9.17) is 4.52 Å². The maximum atomic E-state index is 12.3. The minimum atomic E-state index is -0.0859. The lowest BCUT2D eigenvalue weighted by molar-refractivity contribution is 0.182. The number of aromatic nitrogens is 2. The molecule has 3 rings (SSSR count). The highest BCUT2D eigenvalue weighted by atomic mass is 16.5. The zero-order valence-corrected chi connectivity index (χ0v) is 12.0. The molecule has 2 aromatic rings. The van der Waals surface area contributed by atoms with Crippen LogP contribution in [0.5, 0.6) is 0 Å². The van der Waals surface area contributed by atoms with Crippen molar-refractivity contribution in [3.05, 3.63) is 47.6 Å². The fraction of sp³-hybridized carbons (Fsp3) is 0.400.